The van der Waals surface area contributed by atoms with Crippen LogP contribution >= 0.6 is 11.8 Å². The molecule has 3 rings (SSSR count). The van der Waals surface area contributed by atoms with Crippen LogP contribution in [-0.4, -0.2) is 21.1 Å². The fourth-order valence-electron chi connectivity index (χ4n) is 2.45. The molecule has 0 amide bonds. The van der Waals surface area contributed by atoms with E-state index in [-0.39, 0.29) is 6.10 Å². The summed E-state index contributed by atoms with van der Waals surface area (Å²) in [6.07, 6.45) is 5.61. The molecule has 2 unspecified atom stereocenters. The van der Waals surface area contributed by atoms with Crippen molar-refractivity contribution < 1.29 is 5.11 Å². The molecule has 1 aromatic carbocycles. The Hall–Kier alpha value is -1.06. The van der Waals surface area contributed by atoms with Gasteiger partial charge in [0.05, 0.1) is 6.10 Å². The Bertz CT molecular complexity index is 517. The van der Waals surface area contributed by atoms with Gasteiger partial charge in [0.1, 0.15) is 0 Å². The molecule has 0 bridgehead atoms. The van der Waals surface area contributed by atoms with Gasteiger partial charge in [-0.25, -0.2) is 0 Å². The van der Waals surface area contributed by atoms with Crippen LogP contribution in [0.5, 0.6) is 0 Å². The van der Waals surface area contributed by atoms with E-state index in [0.717, 1.165) is 22.8 Å². The molecule has 0 spiro atoms. The van der Waals surface area contributed by atoms with E-state index in [2.05, 4.69) is 11.1 Å². The summed E-state index contributed by atoms with van der Waals surface area (Å²) in [5, 5.41) is 13.0. The summed E-state index contributed by atoms with van der Waals surface area (Å²) in [5.74, 6) is 1.17. The molecule has 1 fully saturated rings. The molecule has 3 heteroatoms. The molecule has 2 heterocycles. The van der Waals surface area contributed by atoms with Gasteiger partial charge < -0.3 is 5.11 Å². The summed E-state index contributed by atoms with van der Waals surface area (Å²) >= 11 is 1.88. The number of aromatic nitrogens is 1. The van der Waals surface area contributed by atoms with E-state index in [1.54, 1.807) is 6.20 Å². The number of thioether (sulfide) groups is 1. The molecule has 1 aliphatic rings. The molecular formula is C14H15NOS. The van der Waals surface area contributed by atoms with Crippen molar-refractivity contribution in [3.63, 3.8) is 0 Å². The van der Waals surface area contributed by atoms with Crippen LogP contribution in [0.2, 0.25) is 0 Å². The third kappa shape index (κ3) is 2.05. The van der Waals surface area contributed by atoms with Gasteiger partial charge in [0.15, 0.2) is 0 Å². The van der Waals surface area contributed by atoms with Crippen LogP contribution in [0.4, 0.5) is 0 Å². The molecule has 2 atom stereocenters. The first kappa shape index (κ1) is 11.1. The molecule has 2 nitrogen and oxygen atoms in total. The molecule has 17 heavy (non-hydrogen) atoms. The van der Waals surface area contributed by atoms with Gasteiger partial charge in [-0.05, 0) is 35.6 Å². The monoisotopic (exact) mass is 245 g/mol. The minimum atomic E-state index is -0.365. The summed E-state index contributed by atoms with van der Waals surface area (Å²) < 4.78 is 0. The number of hydrogen-bond donors (Lipinski definition) is 1. The third-order valence-electron chi connectivity index (χ3n) is 3.35. The standard InChI is InChI=1S/C14H15NOS/c16-14(13-5-2-8-17-13)11-4-1-3-10-6-7-15-9-12(10)11/h1,3-4,6-7,9,13-14,16H,2,5,8H2. The highest BCUT2D eigenvalue weighted by molar-refractivity contribution is 8.00. The van der Waals surface area contributed by atoms with E-state index in [4.69, 9.17) is 0 Å². The lowest BCUT2D eigenvalue weighted by molar-refractivity contribution is 0.174. The normalized spacial score (nSPS) is 21.8. The Labute approximate surface area is 105 Å². The molecule has 2 aromatic rings. The predicted molar refractivity (Wildman–Crippen MR) is 72.2 cm³/mol. The Kier molecular flexibility index (Phi) is 3.04. The molecule has 1 saturated heterocycles. The van der Waals surface area contributed by atoms with Gasteiger partial charge in [-0.1, -0.05) is 18.2 Å². The van der Waals surface area contributed by atoms with Crippen LogP contribution in [0.1, 0.15) is 24.5 Å². The zero-order valence-corrected chi connectivity index (χ0v) is 10.4. The molecule has 0 saturated carbocycles. The number of pyridine rings is 1. The van der Waals surface area contributed by atoms with Crippen molar-refractivity contribution in [1.82, 2.24) is 4.98 Å². The number of benzene rings is 1. The molecule has 0 aliphatic carbocycles. The van der Waals surface area contributed by atoms with Gasteiger partial charge in [0, 0.05) is 23.0 Å². The van der Waals surface area contributed by atoms with Crippen molar-refractivity contribution in [3.8, 4) is 0 Å². The lowest BCUT2D eigenvalue weighted by Gasteiger charge is -2.19. The van der Waals surface area contributed by atoms with Gasteiger partial charge in [-0.3, -0.25) is 4.98 Å². The Morgan fingerprint density at radius 2 is 2.29 bits per heavy atom. The average Bonchev–Trinajstić information content (AvgIpc) is 2.91. The highest BCUT2D eigenvalue weighted by Crippen LogP contribution is 2.37. The topological polar surface area (TPSA) is 33.1 Å². The Balaban J connectivity index is 2.04. The summed E-state index contributed by atoms with van der Waals surface area (Å²) in [7, 11) is 0. The highest BCUT2D eigenvalue weighted by Gasteiger charge is 2.26. The first-order valence-electron chi connectivity index (χ1n) is 5.98. The van der Waals surface area contributed by atoms with E-state index in [0.29, 0.717) is 5.25 Å². The Morgan fingerprint density at radius 1 is 1.35 bits per heavy atom. The summed E-state index contributed by atoms with van der Waals surface area (Å²) in [6, 6.07) is 8.09. The number of fused-ring (bicyclic) bond motifs is 1. The second-order valence-electron chi connectivity index (χ2n) is 4.44. The summed E-state index contributed by atoms with van der Waals surface area (Å²) in [4.78, 5) is 4.16. The fourth-order valence-corrected chi connectivity index (χ4v) is 3.75. The number of rotatable bonds is 2. The number of hydrogen-bond acceptors (Lipinski definition) is 3. The van der Waals surface area contributed by atoms with E-state index in [1.165, 1.54) is 12.2 Å². The maximum atomic E-state index is 10.5. The van der Waals surface area contributed by atoms with Crippen LogP contribution in [-0.2, 0) is 0 Å². The number of nitrogens with zero attached hydrogens (tertiary/aromatic N) is 1. The molecule has 1 aromatic heterocycles. The lowest BCUT2D eigenvalue weighted by Crippen LogP contribution is -2.12. The maximum Gasteiger partial charge on any atom is 0.0915 e. The van der Waals surface area contributed by atoms with Gasteiger partial charge in [0.2, 0.25) is 0 Å². The average molecular weight is 245 g/mol. The zero-order chi connectivity index (χ0) is 11.7. The predicted octanol–water partition coefficient (Wildman–Crippen LogP) is 3.16. The molecular weight excluding hydrogens is 230 g/mol. The van der Waals surface area contributed by atoms with Crippen molar-refractivity contribution in [2.24, 2.45) is 0 Å². The molecule has 1 N–H and O–H groups in total. The summed E-state index contributed by atoms with van der Waals surface area (Å²) in [5.41, 5.74) is 1.02. The van der Waals surface area contributed by atoms with Gasteiger partial charge >= 0.3 is 0 Å². The third-order valence-corrected chi connectivity index (χ3v) is 4.80. The van der Waals surface area contributed by atoms with Crippen LogP contribution < -0.4 is 0 Å². The first-order chi connectivity index (χ1) is 8.36. The largest absolute Gasteiger partial charge is 0.387 e. The van der Waals surface area contributed by atoms with E-state index in [9.17, 15) is 5.11 Å². The fraction of sp³-hybridized carbons (Fsp3) is 0.357. The van der Waals surface area contributed by atoms with Crippen molar-refractivity contribution in [2.45, 2.75) is 24.2 Å². The number of aliphatic hydroxyl groups is 1. The number of aliphatic hydroxyl groups excluding tert-OH is 1. The van der Waals surface area contributed by atoms with E-state index < -0.39 is 0 Å². The zero-order valence-electron chi connectivity index (χ0n) is 9.54. The van der Waals surface area contributed by atoms with Gasteiger partial charge in [-0.15, -0.1) is 0 Å². The quantitative estimate of drug-likeness (QED) is 0.882. The SMILES string of the molecule is OC(c1cccc2ccncc12)C1CCCS1. The van der Waals surface area contributed by atoms with Crippen molar-refractivity contribution in [1.29, 1.82) is 0 Å². The van der Waals surface area contributed by atoms with Crippen molar-refractivity contribution in [2.75, 3.05) is 5.75 Å². The highest BCUT2D eigenvalue weighted by atomic mass is 32.2. The van der Waals surface area contributed by atoms with E-state index >= 15 is 0 Å². The lowest BCUT2D eigenvalue weighted by atomic mass is 9.98. The van der Waals surface area contributed by atoms with Crippen molar-refractivity contribution in [3.05, 3.63) is 42.2 Å². The second-order valence-corrected chi connectivity index (χ2v) is 5.79. The van der Waals surface area contributed by atoms with Gasteiger partial charge in [0.25, 0.3) is 0 Å². The molecule has 0 radical (unpaired) electrons. The van der Waals surface area contributed by atoms with E-state index in [1.807, 2.05) is 36.2 Å². The van der Waals surface area contributed by atoms with Crippen LogP contribution in [0.15, 0.2) is 36.7 Å². The Morgan fingerprint density at radius 3 is 3.12 bits per heavy atom. The maximum absolute atomic E-state index is 10.5. The minimum Gasteiger partial charge on any atom is -0.387 e. The smallest absolute Gasteiger partial charge is 0.0915 e. The minimum absolute atomic E-state index is 0.348. The summed E-state index contributed by atoms with van der Waals surface area (Å²) in [6.45, 7) is 0. The van der Waals surface area contributed by atoms with Crippen LogP contribution in [0.3, 0.4) is 0 Å². The second kappa shape index (κ2) is 4.67. The van der Waals surface area contributed by atoms with Crippen LogP contribution in [0, 0.1) is 0 Å². The molecule has 88 valence electrons. The van der Waals surface area contributed by atoms with Crippen molar-refractivity contribution >= 4 is 22.5 Å². The first-order valence-corrected chi connectivity index (χ1v) is 7.03. The van der Waals surface area contributed by atoms with Crippen LogP contribution in [0.25, 0.3) is 10.8 Å². The van der Waals surface area contributed by atoms with Gasteiger partial charge in [-0.2, -0.15) is 11.8 Å². The molecule has 1 aliphatic heterocycles.